The molecule has 1 rings (SSSR count). The van der Waals surface area contributed by atoms with Gasteiger partial charge in [0.05, 0.1) is 18.8 Å². The van der Waals surface area contributed by atoms with Crippen LogP contribution in [-0.2, 0) is 0 Å². The van der Waals surface area contributed by atoms with E-state index in [0.29, 0.717) is 5.82 Å². The number of hydrogen-bond acceptors (Lipinski definition) is 6. The quantitative estimate of drug-likeness (QED) is 0.656. The van der Waals surface area contributed by atoms with Crippen molar-refractivity contribution in [1.29, 1.82) is 0 Å². The fourth-order valence-corrected chi connectivity index (χ4v) is 1.66. The van der Waals surface area contributed by atoms with E-state index in [9.17, 15) is 5.11 Å². The average molecular weight is 254 g/mol. The van der Waals surface area contributed by atoms with Gasteiger partial charge in [0.2, 0.25) is 0 Å². The fraction of sp³-hybridized carbons (Fsp3) is 0.667. The first-order valence-electron chi connectivity index (χ1n) is 6.24. The Balaban J connectivity index is 2.81. The van der Waals surface area contributed by atoms with E-state index in [-0.39, 0.29) is 6.61 Å². The van der Waals surface area contributed by atoms with Crippen molar-refractivity contribution in [2.75, 3.05) is 29.9 Å². The zero-order valence-corrected chi connectivity index (χ0v) is 11.2. The summed E-state index contributed by atoms with van der Waals surface area (Å²) in [5.41, 5.74) is 0. The van der Waals surface area contributed by atoms with Crippen molar-refractivity contribution in [3.8, 4) is 0 Å². The zero-order chi connectivity index (χ0) is 13.5. The summed E-state index contributed by atoms with van der Waals surface area (Å²) in [6.07, 6.45) is 0.828. The zero-order valence-electron chi connectivity index (χ0n) is 11.2. The Morgan fingerprint density at radius 2 is 2.00 bits per heavy atom. The Labute approximate surface area is 108 Å². The molecule has 0 unspecified atom stereocenters. The van der Waals surface area contributed by atoms with Crippen molar-refractivity contribution < 1.29 is 10.2 Å². The molecule has 2 atom stereocenters. The molecule has 0 saturated heterocycles. The van der Waals surface area contributed by atoms with E-state index in [4.69, 9.17) is 5.11 Å². The smallest absolute Gasteiger partial charge is 0.134 e. The highest BCUT2D eigenvalue weighted by molar-refractivity contribution is 5.48. The molecule has 0 aliphatic rings. The first-order valence-corrected chi connectivity index (χ1v) is 6.24. The Kier molecular flexibility index (Phi) is 5.80. The molecule has 0 amide bonds. The maximum absolute atomic E-state index is 9.47. The number of aliphatic hydroxyl groups excluding tert-OH is 2. The predicted octanol–water partition coefficient (Wildman–Crippen LogP) is 0.476. The molecule has 0 aliphatic heterocycles. The van der Waals surface area contributed by atoms with Gasteiger partial charge in [-0.1, -0.05) is 0 Å². The number of aliphatic hydroxyl groups is 2. The van der Waals surface area contributed by atoms with E-state index in [0.717, 1.165) is 18.9 Å². The third-order valence-electron chi connectivity index (χ3n) is 2.85. The fourth-order valence-electron chi connectivity index (χ4n) is 1.66. The second kappa shape index (κ2) is 7.13. The summed E-state index contributed by atoms with van der Waals surface area (Å²) in [5.74, 6) is 1.44. The van der Waals surface area contributed by atoms with Gasteiger partial charge in [0.15, 0.2) is 0 Å². The molecule has 1 aromatic rings. The lowest BCUT2D eigenvalue weighted by Gasteiger charge is -2.22. The van der Waals surface area contributed by atoms with Gasteiger partial charge in [0.1, 0.15) is 18.0 Å². The molecule has 0 spiro atoms. The van der Waals surface area contributed by atoms with Crippen LogP contribution in [0.3, 0.4) is 0 Å². The predicted molar refractivity (Wildman–Crippen MR) is 71.8 cm³/mol. The molecule has 0 radical (unpaired) electrons. The number of nitrogens with one attached hydrogen (secondary N) is 1. The molecule has 6 heteroatoms. The van der Waals surface area contributed by atoms with Gasteiger partial charge in [-0.3, -0.25) is 0 Å². The molecule has 0 bridgehead atoms. The van der Waals surface area contributed by atoms with Crippen LogP contribution < -0.4 is 10.2 Å². The summed E-state index contributed by atoms with van der Waals surface area (Å²) in [7, 11) is 0. The van der Waals surface area contributed by atoms with Crippen molar-refractivity contribution in [2.24, 2.45) is 0 Å². The molecule has 18 heavy (non-hydrogen) atoms. The van der Waals surface area contributed by atoms with Gasteiger partial charge in [0, 0.05) is 19.2 Å². The van der Waals surface area contributed by atoms with Gasteiger partial charge in [-0.05, 0) is 20.8 Å². The van der Waals surface area contributed by atoms with Crippen molar-refractivity contribution >= 4 is 11.6 Å². The van der Waals surface area contributed by atoms with Crippen LogP contribution in [0.25, 0.3) is 0 Å². The van der Waals surface area contributed by atoms with E-state index in [1.165, 1.54) is 6.33 Å². The summed E-state index contributed by atoms with van der Waals surface area (Å²) in [5, 5.41) is 21.6. The van der Waals surface area contributed by atoms with Crippen LogP contribution in [0.1, 0.15) is 20.8 Å². The normalized spacial score (nSPS) is 14.1. The number of aromatic nitrogens is 2. The van der Waals surface area contributed by atoms with Gasteiger partial charge in [-0.25, -0.2) is 9.97 Å². The summed E-state index contributed by atoms with van der Waals surface area (Å²) in [4.78, 5) is 10.4. The highest BCUT2D eigenvalue weighted by Gasteiger charge is 2.14. The Hall–Kier alpha value is -1.40. The molecule has 1 aromatic heterocycles. The second-order valence-corrected chi connectivity index (χ2v) is 4.11. The minimum atomic E-state index is -0.651. The molecule has 0 saturated carbocycles. The minimum Gasteiger partial charge on any atom is -0.394 e. The van der Waals surface area contributed by atoms with Crippen molar-refractivity contribution in [2.45, 2.75) is 32.9 Å². The Morgan fingerprint density at radius 1 is 1.33 bits per heavy atom. The number of hydrogen-bond donors (Lipinski definition) is 3. The maximum atomic E-state index is 9.47. The molecule has 1 heterocycles. The first-order chi connectivity index (χ1) is 8.62. The highest BCUT2D eigenvalue weighted by Crippen LogP contribution is 2.14. The summed E-state index contributed by atoms with van der Waals surface area (Å²) in [6.45, 7) is 7.33. The number of rotatable bonds is 7. The van der Waals surface area contributed by atoms with Crippen LogP contribution in [0.5, 0.6) is 0 Å². The lowest BCUT2D eigenvalue weighted by molar-refractivity contribution is 0.132. The monoisotopic (exact) mass is 254 g/mol. The largest absolute Gasteiger partial charge is 0.394 e. The Bertz CT molecular complexity index is 356. The summed E-state index contributed by atoms with van der Waals surface area (Å²) in [6, 6.07) is 1.39. The molecule has 102 valence electrons. The molecule has 0 aliphatic carbocycles. The van der Waals surface area contributed by atoms with E-state index in [1.807, 2.05) is 6.07 Å². The van der Waals surface area contributed by atoms with Gasteiger partial charge in [-0.2, -0.15) is 0 Å². The maximum Gasteiger partial charge on any atom is 0.134 e. The third kappa shape index (κ3) is 3.82. The van der Waals surface area contributed by atoms with Crippen LogP contribution in [0, 0.1) is 0 Å². The third-order valence-corrected chi connectivity index (χ3v) is 2.85. The van der Waals surface area contributed by atoms with Gasteiger partial charge < -0.3 is 20.4 Å². The van der Waals surface area contributed by atoms with E-state index in [1.54, 1.807) is 6.92 Å². The van der Waals surface area contributed by atoms with Crippen LogP contribution in [0.4, 0.5) is 11.6 Å². The average Bonchev–Trinajstić information content (AvgIpc) is 2.37. The van der Waals surface area contributed by atoms with Crippen LogP contribution in [0.15, 0.2) is 12.4 Å². The topological polar surface area (TPSA) is 81.5 Å². The lowest BCUT2D eigenvalue weighted by atomic mass is 10.2. The van der Waals surface area contributed by atoms with Crippen molar-refractivity contribution in [3.63, 3.8) is 0 Å². The summed E-state index contributed by atoms with van der Waals surface area (Å²) < 4.78 is 0. The molecule has 3 N–H and O–H groups in total. The van der Waals surface area contributed by atoms with Gasteiger partial charge in [-0.15, -0.1) is 0 Å². The minimum absolute atomic E-state index is 0.151. The van der Waals surface area contributed by atoms with Gasteiger partial charge >= 0.3 is 0 Å². The van der Waals surface area contributed by atoms with Crippen molar-refractivity contribution in [3.05, 3.63) is 12.4 Å². The van der Waals surface area contributed by atoms with Crippen LogP contribution >= 0.6 is 0 Å². The number of anilines is 2. The molecular weight excluding hydrogens is 232 g/mol. The van der Waals surface area contributed by atoms with Crippen LogP contribution in [-0.4, -0.2) is 52.0 Å². The molecule has 6 nitrogen and oxygen atoms in total. The molecule has 0 fully saturated rings. The van der Waals surface area contributed by atoms with E-state index >= 15 is 0 Å². The Morgan fingerprint density at radius 3 is 2.50 bits per heavy atom. The number of nitrogens with zero attached hydrogens (tertiary/aromatic N) is 3. The lowest BCUT2D eigenvalue weighted by Crippen LogP contribution is -2.35. The van der Waals surface area contributed by atoms with Gasteiger partial charge in [0.25, 0.3) is 0 Å². The van der Waals surface area contributed by atoms with Crippen LogP contribution in [0.2, 0.25) is 0 Å². The second-order valence-electron chi connectivity index (χ2n) is 4.11. The standard InChI is InChI=1S/C12H22N4O2/c1-4-16(5-2)12-6-11(13-8-14-12)15-10(7-17)9(3)18/h6,8-10,17-18H,4-5,7H2,1-3H3,(H,13,14,15)/t9-,10-/m1/s1. The first kappa shape index (κ1) is 14.7. The SMILES string of the molecule is CCN(CC)c1cc(N[C@H](CO)[C@@H](C)O)ncn1. The van der Waals surface area contributed by atoms with E-state index in [2.05, 4.69) is 34.0 Å². The highest BCUT2D eigenvalue weighted by atomic mass is 16.3. The summed E-state index contributed by atoms with van der Waals surface area (Å²) >= 11 is 0. The van der Waals surface area contributed by atoms with E-state index < -0.39 is 12.1 Å². The molecule has 0 aromatic carbocycles. The molecular formula is C12H22N4O2. The van der Waals surface area contributed by atoms with Crippen molar-refractivity contribution in [1.82, 2.24) is 9.97 Å².